The van der Waals surface area contributed by atoms with Crippen LogP contribution in [0.5, 0.6) is 5.75 Å². The maximum absolute atomic E-state index is 13.0. The van der Waals surface area contributed by atoms with E-state index < -0.39 is 11.6 Å². The Morgan fingerprint density at radius 1 is 1.03 bits per heavy atom. The number of Topliss-reactive ketones (excluding diaryl/α,β-unsaturated/α-hetero) is 1. The number of aromatic hydroxyl groups is 1. The Morgan fingerprint density at radius 2 is 1.73 bits per heavy atom. The van der Waals surface area contributed by atoms with Crippen LogP contribution >= 0.6 is 0 Å². The maximum atomic E-state index is 13.0. The molecule has 33 heavy (non-hydrogen) atoms. The molecule has 3 aliphatic carbocycles. The van der Waals surface area contributed by atoms with E-state index in [1.54, 1.807) is 12.1 Å². The monoisotopic (exact) mass is 448 g/mol. The maximum Gasteiger partial charge on any atom is 0.232 e. The minimum Gasteiger partial charge on any atom is -0.508 e. The molecule has 3 aliphatic rings. The highest BCUT2D eigenvalue weighted by Gasteiger charge is 2.54. The van der Waals surface area contributed by atoms with E-state index in [2.05, 4.69) is 33.8 Å². The number of aryl methyl sites for hydroxylation is 1. The van der Waals surface area contributed by atoms with Gasteiger partial charge in [-0.1, -0.05) is 44.6 Å². The number of hydrogen-bond acceptors (Lipinski definition) is 4. The first-order valence-corrected chi connectivity index (χ1v) is 12.2. The molecule has 1 saturated carbocycles. The van der Waals surface area contributed by atoms with Crippen LogP contribution in [0.2, 0.25) is 0 Å². The number of hydrogen-bond donors (Lipinski definition) is 2. The summed E-state index contributed by atoms with van der Waals surface area (Å²) in [4.78, 5) is 25.6. The number of fused-ring (bicyclic) bond motifs is 1. The van der Waals surface area contributed by atoms with E-state index >= 15 is 0 Å². The highest BCUT2D eigenvalue weighted by Crippen LogP contribution is 2.62. The third kappa shape index (κ3) is 4.09. The van der Waals surface area contributed by atoms with Gasteiger partial charge in [-0.25, -0.2) is 0 Å². The third-order valence-corrected chi connectivity index (χ3v) is 9.16. The van der Waals surface area contributed by atoms with E-state index in [-0.39, 0.29) is 22.3 Å². The molecule has 0 unspecified atom stereocenters. The minimum absolute atomic E-state index is 0.00199. The van der Waals surface area contributed by atoms with Gasteiger partial charge in [-0.15, -0.1) is 0 Å². The average Bonchev–Trinajstić information content (AvgIpc) is 2.78. The van der Waals surface area contributed by atoms with E-state index in [0.29, 0.717) is 42.2 Å². The van der Waals surface area contributed by atoms with Crippen molar-refractivity contribution in [2.75, 3.05) is 0 Å². The molecule has 0 radical (unpaired) electrons. The lowest BCUT2D eigenvalue weighted by Gasteiger charge is -2.58. The molecule has 0 heterocycles. The summed E-state index contributed by atoms with van der Waals surface area (Å²) in [5, 5.41) is 20.7. The van der Waals surface area contributed by atoms with Crippen molar-refractivity contribution in [3.8, 4) is 5.75 Å². The van der Waals surface area contributed by atoms with Crippen LogP contribution in [0.25, 0.3) is 0 Å². The van der Waals surface area contributed by atoms with Crippen LogP contribution in [-0.4, -0.2) is 21.8 Å². The molecule has 4 rings (SSSR count). The zero-order chi connectivity index (χ0) is 24.0. The summed E-state index contributed by atoms with van der Waals surface area (Å²) in [5.41, 5.74) is 3.22. The Bertz CT molecular complexity index is 1060. The molecule has 1 aromatic carbocycles. The number of benzene rings is 1. The number of allylic oxidation sites excluding steroid dienone is 5. The average molecular weight is 449 g/mol. The molecule has 0 aliphatic heterocycles. The van der Waals surface area contributed by atoms with Crippen LogP contribution in [0, 0.1) is 22.7 Å². The minimum atomic E-state index is -0.551. The van der Waals surface area contributed by atoms with Gasteiger partial charge in [-0.05, 0) is 104 Å². The number of carbonyl (C=O) groups is 2. The second-order valence-corrected chi connectivity index (χ2v) is 10.9. The molecule has 0 spiro atoms. The second kappa shape index (κ2) is 8.62. The number of ketones is 2. The van der Waals surface area contributed by atoms with Gasteiger partial charge >= 0.3 is 0 Å². The van der Waals surface area contributed by atoms with Crippen molar-refractivity contribution >= 4 is 11.6 Å². The first-order valence-electron chi connectivity index (χ1n) is 12.2. The quantitative estimate of drug-likeness (QED) is 0.310. The Balaban J connectivity index is 1.63. The number of phenolic OH excluding ortho intramolecular Hbond substituents is 1. The Hall–Kier alpha value is -2.62. The first-order chi connectivity index (χ1) is 15.6. The summed E-state index contributed by atoms with van der Waals surface area (Å²) in [6.07, 6.45) is 9.54. The molecule has 4 heteroatoms. The van der Waals surface area contributed by atoms with Crippen molar-refractivity contribution in [2.24, 2.45) is 22.7 Å². The lowest BCUT2D eigenvalue weighted by molar-refractivity contribution is -0.132. The molecule has 0 bridgehead atoms. The number of rotatable bonds is 5. The molecule has 4 atom stereocenters. The first kappa shape index (κ1) is 23.5. The molecule has 0 aromatic heterocycles. The van der Waals surface area contributed by atoms with Gasteiger partial charge in [0, 0.05) is 5.57 Å². The van der Waals surface area contributed by atoms with Gasteiger partial charge in [0.15, 0.2) is 0 Å². The van der Waals surface area contributed by atoms with Crippen LogP contribution in [-0.2, 0) is 16.0 Å². The van der Waals surface area contributed by atoms with Crippen LogP contribution in [0.1, 0.15) is 71.8 Å². The smallest absolute Gasteiger partial charge is 0.232 e. The van der Waals surface area contributed by atoms with E-state index in [9.17, 15) is 19.8 Å². The van der Waals surface area contributed by atoms with Crippen molar-refractivity contribution in [2.45, 2.75) is 72.6 Å². The van der Waals surface area contributed by atoms with Gasteiger partial charge in [0.05, 0.1) is 0 Å². The fraction of sp³-hybridized carbons (Fsp3) is 0.517. The highest BCUT2D eigenvalue weighted by atomic mass is 16.3. The summed E-state index contributed by atoms with van der Waals surface area (Å²) in [7, 11) is 0. The fourth-order valence-corrected chi connectivity index (χ4v) is 6.63. The molecule has 2 N–H and O–H groups in total. The lowest BCUT2D eigenvalue weighted by atomic mass is 9.46. The molecule has 1 fully saturated rings. The fourth-order valence-electron chi connectivity index (χ4n) is 6.63. The topological polar surface area (TPSA) is 74.6 Å². The Kier molecular flexibility index (Phi) is 6.15. The standard InChI is InChI=1S/C29H36O4/c1-18-6-5-7-25-28(18,3)15-14-19(2)29(25,4)17-23-26(32)21(16-24(31)27(23)33)11-8-20-9-12-22(30)13-10-20/h6,9-10,12-13,16,19,25,30,32H,5,7-8,11,14-15,17H2,1-4H3/t19-,25+,28+,29+/m0/s1. The molecule has 1 aromatic rings. The van der Waals surface area contributed by atoms with E-state index in [1.165, 1.54) is 11.6 Å². The van der Waals surface area contributed by atoms with Crippen molar-refractivity contribution in [1.82, 2.24) is 0 Å². The Morgan fingerprint density at radius 3 is 2.42 bits per heavy atom. The van der Waals surface area contributed by atoms with Gasteiger partial charge in [-0.2, -0.15) is 0 Å². The van der Waals surface area contributed by atoms with Crippen molar-refractivity contribution in [3.63, 3.8) is 0 Å². The van der Waals surface area contributed by atoms with E-state index in [0.717, 1.165) is 31.2 Å². The largest absolute Gasteiger partial charge is 0.508 e. The van der Waals surface area contributed by atoms with E-state index in [4.69, 9.17) is 0 Å². The van der Waals surface area contributed by atoms with Gasteiger partial charge in [0.1, 0.15) is 11.5 Å². The summed E-state index contributed by atoms with van der Waals surface area (Å²) >= 11 is 0. The number of aliphatic hydroxyl groups is 1. The predicted molar refractivity (Wildman–Crippen MR) is 130 cm³/mol. The SMILES string of the molecule is CC1=CCC[C@H]2[C@](C)(CC3=C(O)C(CCc4ccc(O)cc4)=CC(=O)C3=O)[C@@H](C)CC[C@]12C. The van der Waals surface area contributed by atoms with Crippen LogP contribution in [0.3, 0.4) is 0 Å². The summed E-state index contributed by atoms with van der Waals surface area (Å²) < 4.78 is 0. The molecule has 0 saturated heterocycles. The molecular formula is C29H36O4. The predicted octanol–water partition coefficient (Wildman–Crippen LogP) is 6.40. The number of aliphatic hydroxyl groups excluding tert-OH is 1. The van der Waals surface area contributed by atoms with Gasteiger partial charge in [-0.3, -0.25) is 9.59 Å². The van der Waals surface area contributed by atoms with Crippen LogP contribution in [0.4, 0.5) is 0 Å². The number of carbonyl (C=O) groups excluding carboxylic acids is 2. The Labute approximate surface area is 197 Å². The zero-order valence-electron chi connectivity index (χ0n) is 20.3. The number of phenols is 1. The van der Waals surface area contributed by atoms with Crippen LogP contribution in [0.15, 0.2) is 58.9 Å². The second-order valence-electron chi connectivity index (χ2n) is 10.9. The van der Waals surface area contributed by atoms with Crippen LogP contribution < -0.4 is 0 Å². The van der Waals surface area contributed by atoms with E-state index in [1.807, 2.05) is 12.1 Å². The zero-order valence-corrected chi connectivity index (χ0v) is 20.3. The van der Waals surface area contributed by atoms with Gasteiger partial charge in [0.25, 0.3) is 0 Å². The summed E-state index contributed by atoms with van der Waals surface area (Å²) in [6, 6.07) is 6.92. The molecule has 176 valence electrons. The highest BCUT2D eigenvalue weighted by molar-refractivity contribution is 6.48. The molecule has 0 amide bonds. The normalized spacial score (nSPS) is 32.4. The van der Waals surface area contributed by atoms with Gasteiger partial charge in [0.2, 0.25) is 11.6 Å². The third-order valence-electron chi connectivity index (χ3n) is 9.16. The summed E-state index contributed by atoms with van der Waals surface area (Å²) in [6.45, 7) is 9.13. The molecule has 4 nitrogen and oxygen atoms in total. The van der Waals surface area contributed by atoms with Crippen molar-refractivity contribution < 1.29 is 19.8 Å². The summed E-state index contributed by atoms with van der Waals surface area (Å²) in [5.74, 6) is -0.0646. The van der Waals surface area contributed by atoms with Crippen molar-refractivity contribution in [1.29, 1.82) is 0 Å². The van der Waals surface area contributed by atoms with Crippen molar-refractivity contribution in [3.05, 3.63) is 64.5 Å². The lowest BCUT2D eigenvalue weighted by Crippen LogP contribution is -2.50. The molecular weight excluding hydrogens is 412 g/mol. The van der Waals surface area contributed by atoms with Gasteiger partial charge < -0.3 is 10.2 Å².